The molecule has 86 valence electrons. The van der Waals surface area contributed by atoms with E-state index in [4.69, 9.17) is 14.2 Å². The van der Waals surface area contributed by atoms with Gasteiger partial charge < -0.3 is 14.2 Å². The summed E-state index contributed by atoms with van der Waals surface area (Å²) in [4.78, 5) is 0. The molecule has 0 aliphatic carbocycles. The van der Waals surface area contributed by atoms with E-state index in [-0.39, 0.29) is 5.34 Å². The fourth-order valence-electron chi connectivity index (χ4n) is 3.47. The third-order valence-corrected chi connectivity index (χ3v) is 5.55. The van der Waals surface area contributed by atoms with Gasteiger partial charge in [0.15, 0.2) is 11.6 Å². The first-order valence-corrected chi connectivity index (χ1v) is 6.75. The highest BCUT2D eigenvalue weighted by Gasteiger charge is 2.60. The minimum absolute atomic E-state index is 0.0323. The maximum Gasteiger partial charge on any atom is 0.172 e. The molecule has 0 N–H and O–H groups in total. The van der Waals surface area contributed by atoms with Crippen LogP contribution in [0.1, 0.15) is 40.5 Å². The minimum atomic E-state index is -0.445. The van der Waals surface area contributed by atoms with Crippen molar-refractivity contribution < 1.29 is 14.2 Å². The molecule has 0 radical (unpaired) electrons. The lowest BCUT2D eigenvalue weighted by atomic mass is 10.0. The van der Waals surface area contributed by atoms with E-state index in [1.807, 2.05) is 0 Å². The van der Waals surface area contributed by atoms with Crippen LogP contribution in [-0.2, 0) is 14.2 Å². The van der Waals surface area contributed by atoms with Crippen LogP contribution in [0, 0.1) is 0 Å². The Morgan fingerprint density at radius 2 is 1.87 bits per heavy atom. The number of hydrogen-bond donors (Lipinski definition) is 0. The summed E-state index contributed by atoms with van der Waals surface area (Å²) in [6.45, 7) is 8.49. The lowest BCUT2D eigenvalue weighted by Gasteiger charge is -2.53. The molecule has 4 saturated heterocycles. The molecule has 0 amide bonds. The fraction of sp³-hybridized carbons (Fsp3) is 1.00. The van der Waals surface area contributed by atoms with Gasteiger partial charge in [-0.05, 0) is 27.7 Å². The third-order valence-electron chi connectivity index (χ3n) is 3.61. The number of ether oxygens (including phenoxy) is 3. The molecule has 4 heterocycles. The molecule has 4 fully saturated rings. The molecule has 4 heteroatoms. The van der Waals surface area contributed by atoms with Crippen molar-refractivity contribution in [3.05, 3.63) is 0 Å². The Labute approximate surface area is 92.6 Å². The Hall–Kier alpha value is 0.310. The van der Waals surface area contributed by atoms with E-state index in [2.05, 4.69) is 27.7 Å². The van der Waals surface area contributed by atoms with Crippen LogP contribution < -0.4 is 0 Å². The van der Waals surface area contributed by atoms with E-state index in [1.165, 1.54) is 0 Å². The Bertz CT molecular complexity index is 288. The van der Waals surface area contributed by atoms with Gasteiger partial charge in [-0.3, -0.25) is 0 Å². The summed E-state index contributed by atoms with van der Waals surface area (Å²) in [5.41, 5.74) is 0.595. The second-order valence-electron chi connectivity index (χ2n) is 5.66. The molecule has 0 spiro atoms. The molecule has 4 aliphatic rings. The van der Waals surface area contributed by atoms with Crippen molar-refractivity contribution >= 4 is 8.58 Å². The van der Waals surface area contributed by atoms with Gasteiger partial charge in [-0.1, -0.05) is 8.58 Å². The van der Waals surface area contributed by atoms with Gasteiger partial charge >= 0.3 is 0 Å². The van der Waals surface area contributed by atoms with Crippen LogP contribution in [0.4, 0.5) is 0 Å². The SMILES string of the molecule is CC1OC2(C)CC3(C)OC(C)(CC1P3)O2. The van der Waals surface area contributed by atoms with Crippen molar-refractivity contribution in [2.45, 2.75) is 69.2 Å². The number of rotatable bonds is 0. The molecule has 4 aliphatic heterocycles. The van der Waals surface area contributed by atoms with Crippen LogP contribution in [0.3, 0.4) is 0 Å². The zero-order valence-corrected chi connectivity index (χ0v) is 10.8. The largest absolute Gasteiger partial charge is 0.346 e. The molecule has 15 heavy (non-hydrogen) atoms. The Balaban J connectivity index is 2.06. The second kappa shape index (κ2) is 2.76. The summed E-state index contributed by atoms with van der Waals surface area (Å²) < 4.78 is 18.2. The number of fused-ring (bicyclic) bond motifs is 1. The maximum absolute atomic E-state index is 6.10. The molecule has 4 rings (SSSR count). The molecule has 6 unspecified atom stereocenters. The van der Waals surface area contributed by atoms with E-state index in [1.54, 1.807) is 0 Å². The third kappa shape index (κ3) is 1.56. The normalized spacial score (nSPS) is 64.8. The Morgan fingerprint density at radius 1 is 1.13 bits per heavy atom. The first-order valence-electron chi connectivity index (χ1n) is 5.67. The molecule has 0 saturated carbocycles. The van der Waals surface area contributed by atoms with Gasteiger partial charge in [0.25, 0.3) is 0 Å². The molecular weight excluding hydrogens is 211 g/mol. The predicted molar refractivity (Wildman–Crippen MR) is 59.3 cm³/mol. The van der Waals surface area contributed by atoms with Crippen LogP contribution in [0.15, 0.2) is 0 Å². The average Bonchev–Trinajstić information content (AvgIpc) is 2.05. The smallest absolute Gasteiger partial charge is 0.172 e. The van der Waals surface area contributed by atoms with Crippen molar-refractivity contribution in [3.8, 4) is 0 Å². The van der Waals surface area contributed by atoms with Crippen molar-refractivity contribution in [2.24, 2.45) is 0 Å². The van der Waals surface area contributed by atoms with Gasteiger partial charge in [0.05, 0.1) is 11.4 Å². The summed E-state index contributed by atoms with van der Waals surface area (Å²) in [7, 11) is 0.830. The summed E-state index contributed by atoms with van der Waals surface area (Å²) in [6.07, 6.45) is 2.12. The van der Waals surface area contributed by atoms with Crippen LogP contribution in [0.25, 0.3) is 0 Å². The molecule has 6 atom stereocenters. The first kappa shape index (κ1) is 10.5. The van der Waals surface area contributed by atoms with Crippen molar-refractivity contribution in [2.75, 3.05) is 0 Å². The second-order valence-corrected chi connectivity index (χ2v) is 7.75. The van der Waals surface area contributed by atoms with Crippen LogP contribution in [0.2, 0.25) is 0 Å². The molecular formula is C11H19O3P. The lowest BCUT2D eigenvalue weighted by molar-refractivity contribution is -0.400. The first-order chi connectivity index (χ1) is 6.82. The summed E-state index contributed by atoms with van der Waals surface area (Å²) in [6, 6.07) is 0. The van der Waals surface area contributed by atoms with Gasteiger partial charge in [0, 0.05) is 18.5 Å². The summed E-state index contributed by atoms with van der Waals surface area (Å²) in [5, 5.41) is -0.0323. The van der Waals surface area contributed by atoms with Gasteiger partial charge in [-0.25, -0.2) is 0 Å². The van der Waals surface area contributed by atoms with Crippen LogP contribution >= 0.6 is 8.58 Å². The van der Waals surface area contributed by atoms with Crippen molar-refractivity contribution in [3.63, 3.8) is 0 Å². The molecule has 0 aromatic heterocycles. The average molecular weight is 230 g/mol. The van der Waals surface area contributed by atoms with E-state index in [0.717, 1.165) is 21.4 Å². The topological polar surface area (TPSA) is 27.7 Å². The standard InChI is InChI=1S/C11H19O3P/c1-7-8-5-9(2)13-10(3,12-7)6-11(4,14-9)15-8/h7-8,15H,5-6H2,1-4H3. The molecule has 4 bridgehead atoms. The van der Waals surface area contributed by atoms with E-state index in [9.17, 15) is 0 Å². The lowest BCUT2D eigenvalue weighted by Crippen LogP contribution is -2.57. The Morgan fingerprint density at radius 3 is 2.53 bits per heavy atom. The van der Waals surface area contributed by atoms with E-state index in [0.29, 0.717) is 11.8 Å². The minimum Gasteiger partial charge on any atom is -0.346 e. The van der Waals surface area contributed by atoms with Crippen molar-refractivity contribution in [1.82, 2.24) is 0 Å². The van der Waals surface area contributed by atoms with Gasteiger partial charge in [0.2, 0.25) is 0 Å². The van der Waals surface area contributed by atoms with E-state index >= 15 is 0 Å². The monoisotopic (exact) mass is 230 g/mol. The number of hydrogen-bond acceptors (Lipinski definition) is 3. The van der Waals surface area contributed by atoms with Gasteiger partial charge in [-0.15, -0.1) is 0 Å². The summed E-state index contributed by atoms with van der Waals surface area (Å²) >= 11 is 0. The summed E-state index contributed by atoms with van der Waals surface area (Å²) in [5.74, 6) is -0.873. The molecule has 3 nitrogen and oxygen atoms in total. The van der Waals surface area contributed by atoms with E-state index < -0.39 is 11.6 Å². The zero-order chi connectivity index (χ0) is 10.9. The quantitative estimate of drug-likeness (QED) is 0.598. The highest BCUT2D eigenvalue weighted by atomic mass is 31.1. The highest BCUT2D eigenvalue weighted by molar-refractivity contribution is 7.40. The maximum atomic E-state index is 6.10. The molecule has 0 aromatic rings. The van der Waals surface area contributed by atoms with Gasteiger partial charge in [-0.2, -0.15) is 0 Å². The Kier molecular flexibility index (Phi) is 1.92. The van der Waals surface area contributed by atoms with Crippen molar-refractivity contribution in [1.29, 1.82) is 0 Å². The van der Waals surface area contributed by atoms with Gasteiger partial charge in [0.1, 0.15) is 0 Å². The van der Waals surface area contributed by atoms with Crippen LogP contribution in [-0.4, -0.2) is 28.7 Å². The predicted octanol–water partition coefficient (Wildman–Crippen LogP) is 2.44. The van der Waals surface area contributed by atoms with Crippen LogP contribution in [0.5, 0.6) is 0 Å². The zero-order valence-electron chi connectivity index (χ0n) is 9.79. The fourth-order valence-corrected chi connectivity index (χ4v) is 5.73. The molecule has 0 aromatic carbocycles. The highest BCUT2D eigenvalue weighted by Crippen LogP contribution is 2.61.